The normalized spacial score (nSPS) is 12.2. The summed E-state index contributed by atoms with van der Waals surface area (Å²) in [6.45, 7) is 12.0. The van der Waals surface area contributed by atoms with Crippen LogP contribution in [0.5, 0.6) is 5.75 Å². The highest BCUT2D eigenvalue weighted by Gasteiger charge is 2.11. The maximum atomic E-state index is 5.68. The van der Waals surface area contributed by atoms with E-state index in [0.29, 0.717) is 6.04 Å². The highest BCUT2D eigenvalue weighted by Crippen LogP contribution is 2.24. The molecule has 100 valence electrons. The first-order valence-electron chi connectivity index (χ1n) is 6.77. The summed E-state index contributed by atoms with van der Waals surface area (Å²) in [5.74, 6) is 0.957. The lowest BCUT2D eigenvalue weighted by Crippen LogP contribution is -2.21. The first-order chi connectivity index (χ1) is 8.67. The van der Waals surface area contributed by atoms with Gasteiger partial charge in [-0.15, -0.1) is 6.58 Å². The molecule has 1 aromatic rings. The van der Waals surface area contributed by atoms with Crippen LogP contribution in [0.1, 0.15) is 45.2 Å². The molecule has 1 atom stereocenters. The van der Waals surface area contributed by atoms with Gasteiger partial charge in [0.2, 0.25) is 0 Å². The van der Waals surface area contributed by atoms with Gasteiger partial charge in [-0.2, -0.15) is 0 Å². The fraction of sp³-hybridized carbons (Fsp3) is 0.500. The number of rotatable bonds is 8. The van der Waals surface area contributed by atoms with Gasteiger partial charge in [-0.05, 0) is 44.0 Å². The van der Waals surface area contributed by atoms with E-state index in [2.05, 4.69) is 50.9 Å². The molecule has 0 aromatic heterocycles. The fourth-order valence-corrected chi connectivity index (χ4v) is 1.94. The molecule has 0 amide bonds. The summed E-state index contributed by atoms with van der Waals surface area (Å²) in [6.07, 6.45) is 2.00. The summed E-state index contributed by atoms with van der Waals surface area (Å²) < 4.78 is 5.68. The summed E-state index contributed by atoms with van der Waals surface area (Å²) in [5.41, 5.74) is 2.47. The van der Waals surface area contributed by atoms with Crippen molar-refractivity contribution in [1.29, 1.82) is 0 Å². The van der Waals surface area contributed by atoms with Crippen LogP contribution in [0.2, 0.25) is 0 Å². The third-order valence-corrected chi connectivity index (χ3v) is 2.74. The van der Waals surface area contributed by atoms with E-state index in [1.165, 1.54) is 11.1 Å². The molecule has 0 bridgehead atoms. The first-order valence-corrected chi connectivity index (χ1v) is 6.77. The van der Waals surface area contributed by atoms with Crippen LogP contribution in [0.3, 0.4) is 0 Å². The first kappa shape index (κ1) is 14.8. The third kappa shape index (κ3) is 4.92. The van der Waals surface area contributed by atoms with Crippen molar-refractivity contribution in [3.05, 3.63) is 42.0 Å². The standard InChI is InChI=1S/C16H25NO/c1-5-10-18-15-9-7-8-14(12-15)16(17-6-2)11-13(3)4/h7-9,12,16-17H,3,5-6,10-11H2,1-2,4H3. The van der Waals surface area contributed by atoms with Crippen LogP contribution < -0.4 is 10.1 Å². The second-order valence-corrected chi connectivity index (χ2v) is 4.69. The lowest BCUT2D eigenvalue weighted by atomic mass is 10.00. The molecule has 0 aliphatic rings. The van der Waals surface area contributed by atoms with Crippen LogP contribution in [-0.2, 0) is 0 Å². The summed E-state index contributed by atoms with van der Waals surface area (Å²) >= 11 is 0. The van der Waals surface area contributed by atoms with Gasteiger partial charge < -0.3 is 10.1 Å². The van der Waals surface area contributed by atoms with E-state index in [4.69, 9.17) is 4.74 Å². The molecule has 0 heterocycles. The quantitative estimate of drug-likeness (QED) is 0.699. The molecule has 0 radical (unpaired) electrons. The van der Waals surface area contributed by atoms with E-state index in [0.717, 1.165) is 31.7 Å². The molecule has 2 nitrogen and oxygen atoms in total. The molecule has 0 saturated carbocycles. The van der Waals surface area contributed by atoms with E-state index in [1.807, 2.05) is 6.07 Å². The Morgan fingerprint density at radius 3 is 2.78 bits per heavy atom. The lowest BCUT2D eigenvalue weighted by molar-refractivity contribution is 0.316. The highest BCUT2D eigenvalue weighted by atomic mass is 16.5. The molecule has 18 heavy (non-hydrogen) atoms. The van der Waals surface area contributed by atoms with E-state index in [9.17, 15) is 0 Å². The molecule has 0 fully saturated rings. The second-order valence-electron chi connectivity index (χ2n) is 4.69. The fourth-order valence-electron chi connectivity index (χ4n) is 1.94. The minimum atomic E-state index is 0.331. The summed E-state index contributed by atoms with van der Waals surface area (Å²) in [4.78, 5) is 0. The molecular formula is C16H25NO. The molecule has 1 aromatic carbocycles. The highest BCUT2D eigenvalue weighted by molar-refractivity contribution is 5.31. The Labute approximate surface area is 111 Å². The van der Waals surface area contributed by atoms with E-state index >= 15 is 0 Å². The predicted molar refractivity (Wildman–Crippen MR) is 78.1 cm³/mol. The van der Waals surface area contributed by atoms with E-state index in [-0.39, 0.29) is 0 Å². The van der Waals surface area contributed by atoms with Gasteiger partial charge in [0.15, 0.2) is 0 Å². The minimum Gasteiger partial charge on any atom is -0.494 e. The molecular weight excluding hydrogens is 222 g/mol. The second kappa shape index (κ2) is 7.93. The molecule has 1 unspecified atom stereocenters. The number of ether oxygens (including phenoxy) is 1. The number of benzene rings is 1. The van der Waals surface area contributed by atoms with Crippen molar-refractivity contribution in [2.45, 2.75) is 39.7 Å². The maximum Gasteiger partial charge on any atom is 0.119 e. The molecule has 0 saturated heterocycles. The average Bonchev–Trinajstić information content (AvgIpc) is 2.36. The SMILES string of the molecule is C=C(C)CC(NCC)c1cccc(OCCC)c1. The van der Waals surface area contributed by atoms with Gasteiger partial charge in [-0.1, -0.05) is 31.6 Å². The van der Waals surface area contributed by atoms with Crippen molar-refractivity contribution in [3.8, 4) is 5.75 Å². The van der Waals surface area contributed by atoms with Crippen molar-refractivity contribution in [3.63, 3.8) is 0 Å². The maximum absolute atomic E-state index is 5.68. The van der Waals surface area contributed by atoms with Crippen LogP contribution >= 0.6 is 0 Å². The van der Waals surface area contributed by atoms with Crippen molar-refractivity contribution < 1.29 is 4.74 Å². The number of nitrogens with one attached hydrogen (secondary N) is 1. The van der Waals surface area contributed by atoms with Crippen LogP contribution in [0.15, 0.2) is 36.4 Å². The van der Waals surface area contributed by atoms with Gasteiger partial charge in [0, 0.05) is 6.04 Å². The minimum absolute atomic E-state index is 0.331. The van der Waals surface area contributed by atoms with Crippen molar-refractivity contribution in [1.82, 2.24) is 5.32 Å². The van der Waals surface area contributed by atoms with E-state index in [1.54, 1.807) is 0 Å². The van der Waals surface area contributed by atoms with Crippen molar-refractivity contribution >= 4 is 0 Å². The van der Waals surface area contributed by atoms with Gasteiger partial charge >= 0.3 is 0 Å². The molecule has 1 rings (SSSR count). The van der Waals surface area contributed by atoms with Gasteiger partial charge in [0.25, 0.3) is 0 Å². The zero-order valence-electron chi connectivity index (χ0n) is 11.8. The smallest absolute Gasteiger partial charge is 0.119 e. The Kier molecular flexibility index (Phi) is 6.51. The Bertz CT molecular complexity index is 373. The van der Waals surface area contributed by atoms with Gasteiger partial charge in [-0.3, -0.25) is 0 Å². The van der Waals surface area contributed by atoms with Gasteiger partial charge in [0.05, 0.1) is 6.61 Å². The summed E-state index contributed by atoms with van der Waals surface area (Å²) in [7, 11) is 0. The van der Waals surface area contributed by atoms with Crippen LogP contribution in [0.25, 0.3) is 0 Å². The average molecular weight is 247 g/mol. The molecule has 0 aliphatic carbocycles. The number of hydrogen-bond donors (Lipinski definition) is 1. The zero-order chi connectivity index (χ0) is 13.4. The predicted octanol–water partition coefficient (Wildman–Crippen LogP) is 4.09. The Hall–Kier alpha value is -1.28. The Morgan fingerprint density at radius 1 is 1.39 bits per heavy atom. The van der Waals surface area contributed by atoms with Gasteiger partial charge in [0.1, 0.15) is 5.75 Å². The van der Waals surface area contributed by atoms with E-state index < -0.39 is 0 Å². The number of hydrogen-bond acceptors (Lipinski definition) is 2. The Morgan fingerprint density at radius 2 is 2.17 bits per heavy atom. The van der Waals surface area contributed by atoms with Crippen molar-refractivity contribution in [2.75, 3.05) is 13.2 Å². The van der Waals surface area contributed by atoms with Gasteiger partial charge in [-0.25, -0.2) is 0 Å². The monoisotopic (exact) mass is 247 g/mol. The Balaban J connectivity index is 2.79. The molecule has 0 aliphatic heterocycles. The van der Waals surface area contributed by atoms with Crippen LogP contribution in [-0.4, -0.2) is 13.2 Å². The third-order valence-electron chi connectivity index (χ3n) is 2.74. The van der Waals surface area contributed by atoms with Crippen molar-refractivity contribution in [2.24, 2.45) is 0 Å². The summed E-state index contributed by atoms with van der Waals surface area (Å²) in [6, 6.07) is 8.69. The molecule has 2 heteroatoms. The zero-order valence-corrected chi connectivity index (χ0v) is 11.8. The summed E-state index contributed by atoms with van der Waals surface area (Å²) in [5, 5.41) is 3.50. The molecule has 0 spiro atoms. The largest absolute Gasteiger partial charge is 0.494 e. The lowest BCUT2D eigenvalue weighted by Gasteiger charge is -2.19. The topological polar surface area (TPSA) is 21.3 Å². The van der Waals surface area contributed by atoms with Crippen LogP contribution in [0.4, 0.5) is 0 Å². The van der Waals surface area contributed by atoms with Crippen LogP contribution in [0, 0.1) is 0 Å². The molecule has 1 N–H and O–H groups in total.